The Kier molecular flexibility index (Phi) is 4.68. The lowest BCUT2D eigenvalue weighted by Gasteiger charge is -2.35. The van der Waals surface area contributed by atoms with Gasteiger partial charge >= 0.3 is 12.0 Å². The molecule has 1 aromatic heterocycles. The summed E-state index contributed by atoms with van der Waals surface area (Å²) in [7, 11) is 0. The van der Waals surface area contributed by atoms with Crippen LogP contribution in [-0.4, -0.2) is 43.1 Å². The largest absolute Gasteiger partial charge is 0.463 e. The van der Waals surface area contributed by atoms with Gasteiger partial charge in [0.25, 0.3) is 0 Å². The third kappa shape index (κ3) is 3.25. The van der Waals surface area contributed by atoms with E-state index in [1.807, 2.05) is 0 Å². The van der Waals surface area contributed by atoms with Crippen molar-refractivity contribution < 1.29 is 14.3 Å². The van der Waals surface area contributed by atoms with Gasteiger partial charge in [0.2, 0.25) is 0 Å². The van der Waals surface area contributed by atoms with E-state index >= 15 is 0 Å². The fourth-order valence-electron chi connectivity index (χ4n) is 3.06. The van der Waals surface area contributed by atoms with Crippen molar-refractivity contribution in [3.8, 4) is 0 Å². The first-order valence-electron chi connectivity index (χ1n) is 7.84. The molecule has 3 heterocycles. The van der Waals surface area contributed by atoms with Crippen molar-refractivity contribution in [2.75, 3.05) is 26.2 Å². The number of fused-ring (bicyclic) bond motifs is 1. The Bertz CT molecular complexity index is 653. The number of hydrogen-bond acceptors (Lipinski definition) is 5. The number of esters is 1. The quantitative estimate of drug-likeness (QED) is 0.823. The summed E-state index contributed by atoms with van der Waals surface area (Å²) in [5, 5.41) is 7.54. The predicted molar refractivity (Wildman–Crippen MR) is 88.2 cm³/mol. The molecule has 7 heteroatoms. The predicted octanol–water partition coefficient (Wildman–Crippen LogP) is 1.80. The van der Waals surface area contributed by atoms with E-state index in [-0.39, 0.29) is 24.6 Å². The number of rotatable bonds is 4. The van der Waals surface area contributed by atoms with E-state index in [2.05, 4.69) is 33.9 Å². The first-order chi connectivity index (χ1) is 11.1. The summed E-state index contributed by atoms with van der Waals surface area (Å²) < 4.78 is 5.10. The van der Waals surface area contributed by atoms with Crippen LogP contribution in [0.15, 0.2) is 22.7 Å². The van der Waals surface area contributed by atoms with Gasteiger partial charge in [0.1, 0.15) is 0 Å². The van der Waals surface area contributed by atoms with Crippen molar-refractivity contribution in [3.63, 3.8) is 0 Å². The molecule has 0 spiro atoms. The zero-order chi connectivity index (χ0) is 16.4. The molecule has 0 saturated heterocycles. The molecule has 2 amide bonds. The summed E-state index contributed by atoms with van der Waals surface area (Å²) in [4.78, 5) is 27.5. The van der Waals surface area contributed by atoms with Gasteiger partial charge in [-0.2, -0.15) is 0 Å². The molecule has 23 heavy (non-hydrogen) atoms. The van der Waals surface area contributed by atoms with E-state index in [0.29, 0.717) is 24.4 Å². The monoisotopic (exact) mass is 335 g/mol. The number of hydrogen-bond donors (Lipinski definition) is 2. The van der Waals surface area contributed by atoms with E-state index in [1.165, 1.54) is 10.4 Å². The number of nitrogens with zero attached hydrogens (tertiary/aromatic N) is 1. The first-order valence-corrected chi connectivity index (χ1v) is 8.72. The average Bonchev–Trinajstić information content (AvgIpc) is 3.00. The highest BCUT2D eigenvalue weighted by Crippen LogP contribution is 2.33. The molecule has 0 saturated carbocycles. The Morgan fingerprint density at radius 3 is 3.13 bits per heavy atom. The van der Waals surface area contributed by atoms with Gasteiger partial charge in [-0.15, -0.1) is 11.3 Å². The van der Waals surface area contributed by atoms with Crippen molar-refractivity contribution in [3.05, 3.63) is 33.2 Å². The molecule has 2 N–H and O–H groups in total. The molecule has 0 aromatic carbocycles. The van der Waals surface area contributed by atoms with Gasteiger partial charge in [-0.25, -0.2) is 9.59 Å². The lowest BCUT2D eigenvalue weighted by molar-refractivity contribution is -0.138. The minimum Gasteiger partial charge on any atom is -0.463 e. The van der Waals surface area contributed by atoms with Crippen LogP contribution < -0.4 is 10.6 Å². The van der Waals surface area contributed by atoms with Crippen molar-refractivity contribution in [2.24, 2.45) is 0 Å². The number of thiophene rings is 1. The fraction of sp³-hybridized carbons (Fsp3) is 0.500. The molecule has 0 fully saturated rings. The van der Waals surface area contributed by atoms with Crippen LogP contribution in [0.1, 0.15) is 30.3 Å². The zero-order valence-corrected chi connectivity index (χ0v) is 14.2. The van der Waals surface area contributed by atoms with Crippen molar-refractivity contribution >= 4 is 23.3 Å². The Balaban J connectivity index is 1.81. The highest BCUT2D eigenvalue weighted by molar-refractivity contribution is 7.10. The van der Waals surface area contributed by atoms with Gasteiger partial charge in [-0.05, 0) is 37.3 Å². The molecule has 2 aliphatic heterocycles. The van der Waals surface area contributed by atoms with Crippen LogP contribution in [-0.2, 0) is 16.0 Å². The standard InChI is InChI=1S/C16H21N3O3S/c1-3-22-15(20)12-8-17-16(21)18-13(12)9-19-6-4-14-11(10(19)2)5-7-23-14/h5,7,10H,3-4,6,8-9H2,1-2H3,(H2,17,18,21)/t10-/m0/s1. The molecular weight excluding hydrogens is 314 g/mol. The molecular formula is C16H21N3O3S. The molecule has 0 unspecified atom stereocenters. The van der Waals surface area contributed by atoms with Crippen LogP contribution in [0.2, 0.25) is 0 Å². The normalized spacial score (nSPS) is 21.5. The zero-order valence-electron chi connectivity index (χ0n) is 13.3. The SMILES string of the molecule is CCOC(=O)C1=C(CN2CCc3sccc3[C@@H]2C)NC(=O)NC1. The van der Waals surface area contributed by atoms with Crippen LogP contribution >= 0.6 is 11.3 Å². The molecule has 2 aliphatic rings. The maximum Gasteiger partial charge on any atom is 0.337 e. The summed E-state index contributed by atoms with van der Waals surface area (Å²) in [6, 6.07) is 2.17. The van der Waals surface area contributed by atoms with E-state index in [9.17, 15) is 9.59 Å². The van der Waals surface area contributed by atoms with Crippen LogP contribution in [0.5, 0.6) is 0 Å². The lowest BCUT2D eigenvalue weighted by Crippen LogP contribution is -2.47. The number of amides is 2. The number of carbonyl (C=O) groups excluding carboxylic acids is 2. The minimum atomic E-state index is -0.365. The van der Waals surface area contributed by atoms with Crippen molar-refractivity contribution in [2.45, 2.75) is 26.3 Å². The summed E-state index contributed by atoms with van der Waals surface area (Å²) in [6.45, 7) is 5.93. The Morgan fingerprint density at radius 1 is 1.52 bits per heavy atom. The average molecular weight is 335 g/mol. The van der Waals surface area contributed by atoms with E-state index in [4.69, 9.17) is 4.74 Å². The highest BCUT2D eigenvalue weighted by Gasteiger charge is 2.29. The number of urea groups is 1. The second kappa shape index (κ2) is 6.72. The van der Waals surface area contributed by atoms with Crippen LogP contribution in [0.4, 0.5) is 4.79 Å². The topological polar surface area (TPSA) is 70.7 Å². The molecule has 6 nitrogen and oxygen atoms in total. The second-order valence-electron chi connectivity index (χ2n) is 5.68. The smallest absolute Gasteiger partial charge is 0.337 e. The first kappa shape index (κ1) is 16.0. The summed E-state index contributed by atoms with van der Waals surface area (Å²) in [5.74, 6) is -0.365. The van der Waals surface area contributed by atoms with E-state index < -0.39 is 0 Å². The number of ether oxygens (including phenoxy) is 1. The van der Waals surface area contributed by atoms with Gasteiger partial charge < -0.3 is 15.4 Å². The van der Waals surface area contributed by atoms with E-state index in [0.717, 1.165) is 13.0 Å². The van der Waals surface area contributed by atoms with E-state index in [1.54, 1.807) is 18.3 Å². The lowest BCUT2D eigenvalue weighted by atomic mass is 10.0. The minimum absolute atomic E-state index is 0.214. The molecule has 3 rings (SSSR count). The van der Waals surface area contributed by atoms with Gasteiger partial charge in [0.15, 0.2) is 0 Å². The Hall–Kier alpha value is -1.86. The molecule has 0 aliphatic carbocycles. The third-order valence-electron chi connectivity index (χ3n) is 4.34. The fourth-order valence-corrected chi connectivity index (χ4v) is 4.02. The molecule has 0 bridgehead atoms. The summed E-state index contributed by atoms with van der Waals surface area (Å²) in [6.07, 6.45) is 1.01. The second-order valence-corrected chi connectivity index (χ2v) is 6.68. The molecule has 0 radical (unpaired) electrons. The van der Waals surface area contributed by atoms with Gasteiger partial charge in [-0.1, -0.05) is 0 Å². The van der Waals surface area contributed by atoms with Crippen molar-refractivity contribution in [1.29, 1.82) is 0 Å². The van der Waals surface area contributed by atoms with Crippen LogP contribution in [0.25, 0.3) is 0 Å². The third-order valence-corrected chi connectivity index (χ3v) is 5.34. The maximum absolute atomic E-state index is 12.1. The maximum atomic E-state index is 12.1. The van der Waals surface area contributed by atoms with Crippen LogP contribution in [0, 0.1) is 0 Å². The van der Waals surface area contributed by atoms with Gasteiger partial charge in [0.05, 0.1) is 18.7 Å². The van der Waals surface area contributed by atoms with Crippen molar-refractivity contribution in [1.82, 2.24) is 15.5 Å². The highest BCUT2D eigenvalue weighted by atomic mass is 32.1. The number of nitrogens with one attached hydrogen (secondary N) is 2. The van der Waals surface area contributed by atoms with Gasteiger partial charge in [-0.3, -0.25) is 4.90 Å². The molecule has 1 atom stereocenters. The Labute approximate surface area is 139 Å². The summed E-state index contributed by atoms with van der Waals surface area (Å²) in [5.41, 5.74) is 2.51. The van der Waals surface area contributed by atoms with Gasteiger partial charge in [0, 0.05) is 29.7 Å². The van der Waals surface area contributed by atoms with Crippen LogP contribution in [0.3, 0.4) is 0 Å². The molecule has 124 valence electrons. The molecule has 1 aromatic rings. The summed E-state index contributed by atoms with van der Waals surface area (Å²) >= 11 is 1.80. The number of carbonyl (C=O) groups is 2. The Morgan fingerprint density at radius 2 is 2.35 bits per heavy atom.